The second kappa shape index (κ2) is 9.13. The van der Waals surface area contributed by atoms with Crippen molar-refractivity contribution < 1.29 is 26.5 Å². The largest absolute Gasteiger partial charge is 1.00 e. The summed E-state index contributed by atoms with van der Waals surface area (Å²) in [4.78, 5) is 10.8. The molecule has 72 valence electrons. The minimum atomic E-state index is -0.144. The lowest BCUT2D eigenvalue weighted by molar-refractivity contribution is -0.142. The summed E-state index contributed by atoms with van der Waals surface area (Å²) in [6, 6.07) is 0. The Morgan fingerprint density at radius 1 is 1.50 bits per heavy atom. The lowest BCUT2D eigenvalue weighted by atomic mass is 10.4. The van der Waals surface area contributed by atoms with E-state index in [4.69, 9.17) is 4.74 Å². The Hall–Kier alpha value is 0.0400. The van der Waals surface area contributed by atoms with Crippen LogP contribution in [0.3, 0.4) is 0 Å². The monoisotopic (exact) mass is 254 g/mol. The Morgan fingerprint density at radius 2 is 2.08 bits per heavy atom. The maximum absolute atomic E-state index is 10.8. The predicted molar refractivity (Wildman–Crippen MR) is 49.6 cm³/mol. The highest BCUT2D eigenvalue weighted by molar-refractivity contribution is 7.98. The van der Waals surface area contributed by atoms with Crippen molar-refractivity contribution in [2.24, 2.45) is 0 Å². The summed E-state index contributed by atoms with van der Waals surface area (Å²) in [5.41, 5.74) is 0. The number of rotatable bonds is 4. The van der Waals surface area contributed by atoms with Gasteiger partial charge < -0.3 is 21.7 Å². The van der Waals surface area contributed by atoms with Crippen molar-refractivity contribution >= 4 is 16.9 Å². The highest BCUT2D eigenvalue weighted by atomic mass is 79.9. The molecule has 0 radical (unpaired) electrons. The minimum absolute atomic E-state index is 0. The first-order chi connectivity index (χ1) is 5.16. The van der Waals surface area contributed by atoms with Crippen LogP contribution in [0.5, 0.6) is 0 Å². The summed E-state index contributed by atoms with van der Waals surface area (Å²) in [6.07, 6.45) is 6.46. The van der Waals surface area contributed by atoms with Gasteiger partial charge in [0.05, 0.1) is 13.0 Å². The third kappa shape index (κ3) is 10.0. The van der Waals surface area contributed by atoms with Crippen molar-refractivity contribution in [3.05, 3.63) is 11.5 Å². The Kier molecular flexibility index (Phi) is 11.1. The molecule has 0 aliphatic rings. The molecule has 12 heavy (non-hydrogen) atoms. The van der Waals surface area contributed by atoms with E-state index in [1.165, 1.54) is 0 Å². The maximum atomic E-state index is 10.8. The fourth-order valence-electron chi connectivity index (χ4n) is 0.557. The van der Waals surface area contributed by atoms with Crippen LogP contribution in [-0.4, -0.2) is 25.1 Å². The summed E-state index contributed by atoms with van der Waals surface area (Å²) in [7, 11) is 0.276. The predicted octanol–water partition coefficient (Wildman–Crippen LogP) is -1.66. The van der Waals surface area contributed by atoms with Crippen molar-refractivity contribution in [1.29, 1.82) is 0 Å². The molecule has 0 saturated carbocycles. The van der Waals surface area contributed by atoms with Crippen LogP contribution < -0.4 is 17.0 Å². The second-order valence-electron chi connectivity index (χ2n) is 2.26. The second-order valence-corrected chi connectivity index (χ2v) is 4.29. The van der Waals surface area contributed by atoms with Crippen molar-refractivity contribution in [1.82, 2.24) is 0 Å². The number of esters is 1. The number of carbonyl (C=O) groups excluding carboxylic acids is 1. The smallest absolute Gasteiger partial charge is 0.309 e. The lowest BCUT2D eigenvalue weighted by Crippen LogP contribution is -3.00. The normalized spacial score (nSPS) is 10.0. The van der Waals surface area contributed by atoms with E-state index in [0.29, 0.717) is 13.0 Å². The summed E-state index contributed by atoms with van der Waals surface area (Å²) < 4.78 is 4.74. The molecule has 2 nitrogen and oxygen atoms in total. The van der Waals surface area contributed by atoms with Gasteiger partial charge in [-0.2, -0.15) is 0 Å². The van der Waals surface area contributed by atoms with Gasteiger partial charge in [0.1, 0.15) is 17.9 Å². The van der Waals surface area contributed by atoms with Crippen LogP contribution in [0.4, 0.5) is 0 Å². The summed E-state index contributed by atoms with van der Waals surface area (Å²) in [5, 5.41) is 2.02. The molecular weight excluding hydrogens is 240 g/mol. The molecule has 0 aromatic rings. The molecule has 0 N–H and O–H groups in total. The molecule has 0 amide bonds. The zero-order chi connectivity index (χ0) is 8.69. The first kappa shape index (κ1) is 14.6. The quantitative estimate of drug-likeness (QED) is 0.444. The molecule has 0 aliphatic carbocycles. The highest BCUT2D eigenvalue weighted by Crippen LogP contribution is 1.92. The van der Waals surface area contributed by atoms with E-state index < -0.39 is 0 Å². The van der Waals surface area contributed by atoms with E-state index in [0.717, 1.165) is 0 Å². The van der Waals surface area contributed by atoms with Gasteiger partial charge in [-0.15, -0.1) is 0 Å². The van der Waals surface area contributed by atoms with Crippen LogP contribution in [0.2, 0.25) is 0 Å². The first-order valence-corrected chi connectivity index (χ1v) is 5.66. The van der Waals surface area contributed by atoms with Gasteiger partial charge in [-0.05, 0) is 13.0 Å². The molecule has 0 spiro atoms. The highest BCUT2D eigenvalue weighted by Gasteiger charge is 1.98. The molecule has 0 saturated heterocycles. The van der Waals surface area contributed by atoms with E-state index in [1.807, 2.05) is 18.4 Å². The number of hydrogen-bond donors (Lipinski definition) is 0. The molecule has 0 aliphatic heterocycles. The number of carbonyl (C=O) groups is 1. The summed E-state index contributed by atoms with van der Waals surface area (Å²) in [5.74, 6) is -0.144. The summed E-state index contributed by atoms with van der Waals surface area (Å²) >= 11 is 0. The van der Waals surface area contributed by atoms with Gasteiger partial charge in [-0.1, -0.05) is 0 Å². The standard InChI is InChI=1S/C8H15O2S.BrH/c1-4-10-8(9)6-5-7-11(2)3;/h5,7H,4,6H2,1-3H3;1H/q+1;/p-1/b7-5+;. The third-order valence-electron chi connectivity index (χ3n) is 0.958. The van der Waals surface area contributed by atoms with Gasteiger partial charge >= 0.3 is 5.97 Å². The van der Waals surface area contributed by atoms with Crippen molar-refractivity contribution in [3.63, 3.8) is 0 Å². The molecule has 0 aromatic carbocycles. The van der Waals surface area contributed by atoms with Crippen molar-refractivity contribution in [2.45, 2.75) is 13.3 Å². The van der Waals surface area contributed by atoms with E-state index in [-0.39, 0.29) is 33.8 Å². The topological polar surface area (TPSA) is 26.3 Å². The Bertz CT molecular complexity index is 146. The molecule has 0 aromatic heterocycles. The van der Waals surface area contributed by atoms with Crippen LogP contribution >= 0.6 is 0 Å². The fourth-order valence-corrected chi connectivity index (χ4v) is 1.04. The lowest BCUT2D eigenvalue weighted by Gasteiger charge is -1.95. The van der Waals surface area contributed by atoms with Crippen LogP contribution in [0.15, 0.2) is 11.5 Å². The molecule has 0 heterocycles. The SMILES string of the molecule is CCOC(=O)C/C=C/[S+](C)C.[Br-]. The Morgan fingerprint density at radius 3 is 2.50 bits per heavy atom. The van der Waals surface area contributed by atoms with Gasteiger partial charge in [-0.25, -0.2) is 0 Å². The van der Waals surface area contributed by atoms with Gasteiger partial charge in [0, 0.05) is 10.9 Å². The number of halogens is 1. The molecule has 0 bridgehead atoms. The fraction of sp³-hybridized carbons (Fsp3) is 0.625. The van der Waals surface area contributed by atoms with E-state index in [1.54, 1.807) is 0 Å². The first-order valence-electron chi connectivity index (χ1n) is 3.55. The molecule has 0 fully saturated rings. The van der Waals surface area contributed by atoms with Crippen LogP contribution in [0.25, 0.3) is 0 Å². The van der Waals surface area contributed by atoms with Gasteiger partial charge in [0.2, 0.25) is 0 Å². The van der Waals surface area contributed by atoms with Gasteiger partial charge in [-0.3, -0.25) is 4.79 Å². The average Bonchev–Trinajstić information content (AvgIpc) is 1.87. The zero-order valence-corrected chi connectivity index (χ0v) is 10.1. The van der Waals surface area contributed by atoms with Gasteiger partial charge in [0.15, 0.2) is 0 Å². The van der Waals surface area contributed by atoms with Crippen LogP contribution in [-0.2, 0) is 20.4 Å². The Balaban J connectivity index is 0. The van der Waals surface area contributed by atoms with E-state index in [9.17, 15) is 4.79 Å². The third-order valence-corrected chi connectivity index (χ3v) is 1.70. The minimum Gasteiger partial charge on any atom is -1.00 e. The number of hydrogen-bond acceptors (Lipinski definition) is 2. The molecule has 4 heteroatoms. The zero-order valence-electron chi connectivity index (χ0n) is 7.67. The average molecular weight is 255 g/mol. The van der Waals surface area contributed by atoms with Gasteiger partial charge in [0.25, 0.3) is 0 Å². The van der Waals surface area contributed by atoms with E-state index >= 15 is 0 Å². The van der Waals surface area contributed by atoms with Crippen LogP contribution in [0.1, 0.15) is 13.3 Å². The van der Waals surface area contributed by atoms with Crippen LogP contribution in [0, 0.1) is 0 Å². The molecule has 0 atom stereocenters. The number of ether oxygens (including phenoxy) is 1. The molecule has 0 rings (SSSR count). The van der Waals surface area contributed by atoms with E-state index in [2.05, 4.69) is 12.5 Å². The molecule has 0 unspecified atom stereocenters. The Labute approximate surface area is 87.5 Å². The maximum Gasteiger partial charge on any atom is 0.309 e. The van der Waals surface area contributed by atoms with Crippen molar-refractivity contribution in [3.8, 4) is 0 Å². The molecular formula is C8H15BrO2S. The van der Waals surface area contributed by atoms with Crippen molar-refractivity contribution in [2.75, 3.05) is 19.1 Å². The summed E-state index contributed by atoms with van der Waals surface area (Å²) in [6.45, 7) is 2.28.